The minimum absolute atomic E-state index is 0.0410. The quantitative estimate of drug-likeness (QED) is 0.356. The second-order valence-corrected chi connectivity index (χ2v) is 8.78. The molecule has 6 fully saturated rings. The van der Waals surface area contributed by atoms with Gasteiger partial charge in [0.15, 0.2) is 0 Å². The van der Waals surface area contributed by atoms with Crippen molar-refractivity contribution in [1.82, 2.24) is 0 Å². The number of ether oxygens (including phenoxy) is 2. The lowest BCUT2D eigenvalue weighted by atomic mass is 8.84. The van der Waals surface area contributed by atoms with Crippen LogP contribution in [0.15, 0.2) is 24.3 Å². The van der Waals surface area contributed by atoms with Gasteiger partial charge in [-0.2, -0.15) is 0 Å². The van der Waals surface area contributed by atoms with Crippen molar-refractivity contribution in [1.29, 1.82) is 0 Å². The maximum atomic E-state index is 13.0. The van der Waals surface area contributed by atoms with E-state index in [9.17, 15) is 19.7 Å². The predicted octanol–water partition coefficient (Wildman–Crippen LogP) is 2.19. The molecule has 0 aromatic heterocycles. The Balaban J connectivity index is 1.29. The fourth-order valence-electron chi connectivity index (χ4n) is 8.84. The third-order valence-electron chi connectivity index (χ3n) is 9.30. The summed E-state index contributed by atoms with van der Waals surface area (Å²) in [5, 5.41) is 10.7. The third-order valence-corrected chi connectivity index (χ3v) is 9.30. The van der Waals surface area contributed by atoms with Crippen LogP contribution in [-0.4, -0.2) is 24.0 Å². The Morgan fingerprint density at radius 1 is 1.00 bits per heavy atom. The highest BCUT2D eigenvalue weighted by Crippen LogP contribution is 3.18. The monoisotopic (exact) mass is 355 g/mol. The zero-order valence-corrected chi connectivity index (χ0v) is 14.5. The number of carbonyl (C=O) groups excluding carboxylic acids is 2. The van der Waals surface area contributed by atoms with Crippen molar-refractivity contribution in [3.63, 3.8) is 0 Å². The lowest BCUT2D eigenvalue weighted by molar-refractivity contribution is -0.708. The molecule has 0 aliphatic heterocycles. The van der Waals surface area contributed by atoms with Crippen molar-refractivity contribution in [3.05, 3.63) is 34.4 Å². The highest BCUT2D eigenvalue weighted by molar-refractivity contribution is 6.00. The smallest absolute Gasteiger partial charge is 0.318 e. The minimum atomic E-state index is -0.488. The molecule has 1 aromatic rings. The van der Waals surface area contributed by atoms with Crippen molar-refractivity contribution in [2.75, 3.05) is 7.11 Å². The number of nitrogens with zero attached hydrogens (tertiary/aromatic N) is 1. The first kappa shape index (κ1) is 14.7. The van der Waals surface area contributed by atoms with Crippen LogP contribution in [0, 0.1) is 55.4 Å². The molecule has 0 N–H and O–H groups in total. The van der Waals surface area contributed by atoms with Crippen molar-refractivity contribution >= 4 is 17.6 Å². The minimum Gasteiger partial charge on any atom is -0.469 e. The van der Waals surface area contributed by atoms with Gasteiger partial charge in [0.2, 0.25) is 0 Å². The molecule has 8 unspecified atom stereocenters. The number of rotatable bonds is 4. The third kappa shape index (κ3) is 0.834. The van der Waals surface area contributed by atoms with Gasteiger partial charge in [-0.05, 0) is 46.6 Å². The first-order valence-electron chi connectivity index (χ1n) is 8.82. The fourth-order valence-corrected chi connectivity index (χ4v) is 8.84. The molecule has 6 saturated carbocycles. The number of esters is 2. The van der Waals surface area contributed by atoms with E-state index in [4.69, 9.17) is 9.47 Å². The fraction of sp³-hybridized carbons (Fsp3) is 0.579. The summed E-state index contributed by atoms with van der Waals surface area (Å²) in [5.74, 6) is 0.876. The molecule has 0 bridgehead atoms. The molecule has 0 saturated heterocycles. The number of hydrogen-bond acceptors (Lipinski definition) is 6. The van der Waals surface area contributed by atoms with Crippen molar-refractivity contribution in [2.24, 2.45) is 45.3 Å². The van der Waals surface area contributed by atoms with Crippen molar-refractivity contribution in [2.45, 2.75) is 13.8 Å². The van der Waals surface area contributed by atoms with Gasteiger partial charge in [0, 0.05) is 12.1 Å². The molecule has 0 spiro atoms. The molecule has 0 heterocycles. The molecule has 6 aliphatic rings. The zero-order valence-electron chi connectivity index (χ0n) is 14.5. The number of carbonyl (C=O) groups is 2. The number of non-ortho nitro benzene ring substituents is 1. The van der Waals surface area contributed by atoms with Crippen LogP contribution >= 0.6 is 0 Å². The van der Waals surface area contributed by atoms with Gasteiger partial charge < -0.3 is 9.47 Å². The molecule has 0 amide bonds. The largest absolute Gasteiger partial charge is 0.469 e. The van der Waals surface area contributed by atoms with Gasteiger partial charge in [-0.1, -0.05) is 13.8 Å². The van der Waals surface area contributed by atoms with Crippen LogP contribution in [0.2, 0.25) is 0 Å². The van der Waals surface area contributed by atoms with Crippen LogP contribution in [0.3, 0.4) is 0 Å². The maximum absolute atomic E-state index is 13.0. The molecule has 1 aromatic carbocycles. The van der Waals surface area contributed by atoms with E-state index in [-0.39, 0.29) is 57.5 Å². The lowest BCUT2D eigenvalue weighted by Crippen LogP contribution is -3.19. The molecular weight excluding hydrogens is 338 g/mol. The Morgan fingerprint density at radius 3 is 1.92 bits per heavy atom. The first-order valence-corrected chi connectivity index (χ1v) is 8.82. The maximum Gasteiger partial charge on any atom is 0.318 e. The molecule has 6 aliphatic carbocycles. The SMILES string of the molecule is COC(=O)C12C3C4C1C1(C)C4(C(=O)Oc4ccc([N+](=O)[O-])cc4)C3C21C. The summed E-state index contributed by atoms with van der Waals surface area (Å²) < 4.78 is 10.7. The number of nitro benzene ring substituents is 1. The van der Waals surface area contributed by atoms with Gasteiger partial charge in [0.05, 0.1) is 22.9 Å². The Bertz CT molecular complexity index is 957. The van der Waals surface area contributed by atoms with E-state index in [1.165, 1.54) is 31.4 Å². The molecule has 7 rings (SSSR count). The molecule has 8 atom stereocenters. The highest BCUT2D eigenvalue weighted by atomic mass is 16.6. The number of methoxy groups -OCH3 is 1. The average Bonchev–Trinajstić information content (AvgIpc) is 2.61. The second kappa shape index (κ2) is 3.52. The van der Waals surface area contributed by atoms with Crippen LogP contribution < -0.4 is 4.74 Å². The summed E-state index contributed by atoms with van der Waals surface area (Å²) in [6, 6.07) is 5.57. The number of nitro groups is 1. The Labute approximate surface area is 148 Å². The summed E-state index contributed by atoms with van der Waals surface area (Å²) in [4.78, 5) is 35.7. The summed E-state index contributed by atoms with van der Waals surface area (Å²) >= 11 is 0. The average molecular weight is 355 g/mol. The van der Waals surface area contributed by atoms with Crippen LogP contribution in [0.5, 0.6) is 5.75 Å². The summed E-state index contributed by atoms with van der Waals surface area (Å²) in [6.07, 6.45) is 0. The topological polar surface area (TPSA) is 95.7 Å². The van der Waals surface area contributed by atoms with Gasteiger partial charge >= 0.3 is 11.9 Å². The number of hydrogen-bond donors (Lipinski definition) is 0. The van der Waals surface area contributed by atoms with Crippen LogP contribution in [-0.2, 0) is 14.3 Å². The lowest BCUT2D eigenvalue weighted by Gasteiger charge is -3.16. The van der Waals surface area contributed by atoms with Crippen LogP contribution in [0.4, 0.5) is 5.69 Å². The summed E-state index contributed by atoms with van der Waals surface area (Å²) in [7, 11) is 1.44. The van der Waals surface area contributed by atoms with E-state index >= 15 is 0 Å². The van der Waals surface area contributed by atoms with Gasteiger partial charge in [-0.15, -0.1) is 0 Å². The van der Waals surface area contributed by atoms with E-state index in [0.29, 0.717) is 5.75 Å². The van der Waals surface area contributed by atoms with Crippen molar-refractivity contribution in [3.8, 4) is 5.75 Å². The van der Waals surface area contributed by atoms with Gasteiger partial charge in [-0.25, -0.2) is 0 Å². The molecule has 0 radical (unpaired) electrons. The molecular formula is C19H17NO6. The highest BCUT2D eigenvalue weighted by Gasteiger charge is 3.21. The van der Waals surface area contributed by atoms with Gasteiger partial charge in [-0.3, -0.25) is 19.7 Å². The molecule has 7 heteroatoms. The summed E-state index contributed by atoms with van der Waals surface area (Å²) in [5.41, 5.74) is -1.24. The second-order valence-electron chi connectivity index (χ2n) is 8.78. The standard InChI is InChI=1S/C19H17NO6/c1-16-13-10-11-12(18(10,16)14(21)25-3)17(16,2)19(11,13)15(22)26-9-6-4-8(5-7-9)20(23)24/h4-7,10-13H,1-3H3. The van der Waals surface area contributed by atoms with E-state index in [1.807, 2.05) is 0 Å². The predicted molar refractivity (Wildman–Crippen MR) is 85.8 cm³/mol. The Kier molecular flexibility index (Phi) is 1.99. The van der Waals surface area contributed by atoms with E-state index in [0.717, 1.165) is 0 Å². The number of benzene rings is 1. The van der Waals surface area contributed by atoms with E-state index in [1.54, 1.807) is 0 Å². The van der Waals surface area contributed by atoms with E-state index < -0.39 is 10.3 Å². The Hall–Kier alpha value is -2.44. The van der Waals surface area contributed by atoms with Crippen LogP contribution in [0.1, 0.15) is 13.8 Å². The van der Waals surface area contributed by atoms with E-state index in [2.05, 4.69) is 13.8 Å². The molecule has 7 nitrogen and oxygen atoms in total. The molecule has 26 heavy (non-hydrogen) atoms. The van der Waals surface area contributed by atoms with Gasteiger partial charge in [0.25, 0.3) is 5.69 Å². The van der Waals surface area contributed by atoms with Crippen molar-refractivity contribution < 1.29 is 24.0 Å². The summed E-state index contributed by atoms with van der Waals surface area (Å²) in [6.45, 7) is 4.23. The Morgan fingerprint density at radius 2 is 1.50 bits per heavy atom. The first-order chi connectivity index (χ1) is 12.3. The van der Waals surface area contributed by atoms with Crippen LogP contribution in [0.25, 0.3) is 0 Å². The molecule has 134 valence electrons. The van der Waals surface area contributed by atoms with Gasteiger partial charge in [0.1, 0.15) is 5.75 Å². The zero-order chi connectivity index (χ0) is 18.4. The normalized spacial score (nSPS) is 52.1.